The van der Waals surface area contributed by atoms with Gasteiger partial charge < -0.3 is 16.4 Å². The summed E-state index contributed by atoms with van der Waals surface area (Å²) in [6, 6.07) is 2.24. The summed E-state index contributed by atoms with van der Waals surface area (Å²) in [5.41, 5.74) is 8.23. The topological polar surface area (TPSA) is 80.0 Å². The molecular weight excluding hydrogens is 204 g/mol. The molecule has 0 radical (unpaired) electrons. The molecule has 0 unspecified atom stereocenters. The molecule has 2 heterocycles. The zero-order chi connectivity index (χ0) is 11.7. The van der Waals surface area contributed by atoms with E-state index in [0.29, 0.717) is 17.3 Å². The highest BCUT2D eigenvalue weighted by Gasteiger charge is 2.20. The molecule has 0 atom stereocenters. The number of primary amides is 1. The number of nitrogens with zero attached hydrogens (tertiary/aromatic N) is 1. The van der Waals surface area contributed by atoms with Crippen molar-refractivity contribution in [2.24, 2.45) is 5.73 Å². The van der Waals surface area contributed by atoms with Crippen LogP contribution in [0.1, 0.15) is 21.7 Å². The van der Waals surface area contributed by atoms with E-state index in [1.807, 2.05) is 13.0 Å². The molecule has 1 aromatic heterocycles. The molecule has 0 aliphatic carbocycles. The van der Waals surface area contributed by atoms with Crippen molar-refractivity contribution in [2.45, 2.75) is 19.9 Å². The Bertz CT molecular complexity index is 426. The Morgan fingerprint density at radius 3 is 2.75 bits per heavy atom. The number of hydrogen-bond donors (Lipinski definition) is 3. The number of aromatic nitrogens is 1. The second kappa shape index (κ2) is 4.09. The van der Waals surface area contributed by atoms with Gasteiger partial charge in [-0.15, -0.1) is 0 Å². The Morgan fingerprint density at radius 1 is 1.56 bits per heavy atom. The van der Waals surface area contributed by atoms with Crippen molar-refractivity contribution in [3.05, 3.63) is 23.0 Å². The van der Waals surface area contributed by atoms with Gasteiger partial charge in [0.2, 0.25) is 0 Å². The van der Waals surface area contributed by atoms with E-state index in [4.69, 9.17) is 5.73 Å². The maximum Gasteiger partial charge on any atom is 0.252 e. The lowest BCUT2D eigenvalue weighted by Crippen LogP contribution is -2.51. The number of anilines is 1. The van der Waals surface area contributed by atoms with Gasteiger partial charge in [0.05, 0.1) is 23.0 Å². The van der Waals surface area contributed by atoms with Crippen molar-refractivity contribution in [1.29, 1.82) is 0 Å². The Labute approximate surface area is 94.4 Å². The van der Waals surface area contributed by atoms with Crippen molar-refractivity contribution in [2.75, 3.05) is 18.4 Å². The molecule has 1 aliphatic heterocycles. The largest absolute Gasteiger partial charge is 0.379 e. The molecule has 1 fully saturated rings. The highest BCUT2D eigenvalue weighted by atomic mass is 16.1. The van der Waals surface area contributed by atoms with Crippen LogP contribution in [-0.2, 0) is 0 Å². The van der Waals surface area contributed by atoms with Gasteiger partial charge in [0.1, 0.15) is 0 Å². The summed E-state index contributed by atoms with van der Waals surface area (Å²) < 4.78 is 0. The average Bonchev–Trinajstić information content (AvgIpc) is 2.09. The van der Waals surface area contributed by atoms with E-state index in [1.165, 1.54) is 0 Å². The van der Waals surface area contributed by atoms with Crippen LogP contribution in [0.5, 0.6) is 0 Å². The number of carbonyl (C=O) groups is 1. The second-order valence-corrected chi connectivity index (χ2v) is 4.14. The molecule has 4 N–H and O–H groups in total. The molecule has 1 aliphatic rings. The number of hydrogen-bond acceptors (Lipinski definition) is 4. The molecule has 16 heavy (non-hydrogen) atoms. The number of nitrogens with one attached hydrogen (secondary N) is 2. The number of carbonyl (C=O) groups excluding carboxylic acids is 1. The van der Waals surface area contributed by atoms with E-state index in [9.17, 15) is 4.79 Å². The normalized spacial score (nSPS) is 15.6. The van der Waals surface area contributed by atoms with Gasteiger partial charge in [-0.3, -0.25) is 9.78 Å². The van der Waals surface area contributed by atoms with Gasteiger partial charge in [-0.25, -0.2) is 0 Å². The van der Waals surface area contributed by atoms with Crippen LogP contribution in [0.25, 0.3) is 0 Å². The van der Waals surface area contributed by atoms with Crippen LogP contribution in [-0.4, -0.2) is 30.0 Å². The first-order valence-electron chi connectivity index (χ1n) is 5.33. The maximum absolute atomic E-state index is 11.4. The Hall–Kier alpha value is -1.62. The van der Waals surface area contributed by atoms with E-state index in [-0.39, 0.29) is 0 Å². The van der Waals surface area contributed by atoms with Gasteiger partial charge in [0, 0.05) is 18.8 Å². The molecule has 0 aromatic carbocycles. The SMILES string of the molecule is Cc1cc(NC2CNC2)c(C(N)=O)c(C)n1. The lowest BCUT2D eigenvalue weighted by atomic mass is 10.1. The minimum atomic E-state index is -0.431. The second-order valence-electron chi connectivity index (χ2n) is 4.14. The standard InChI is InChI=1S/C11H16N4O/c1-6-3-9(15-8-4-13-5-8)10(11(12)16)7(2)14-6/h3,8,13H,4-5H2,1-2H3,(H2,12,16)(H,14,15). The maximum atomic E-state index is 11.4. The van der Waals surface area contributed by atoms with E-state index in [2.05, 4.69) is 15.6 Å². The van der Waals surface area contributed by atoms with E-state index >= 15 is 0 Å². The first-order valence-corrected chi connectivity index (χ1v) is 5.33. The first-order chi connectivity index (χ1) is 7.58. The van der Waals surface area contributed by atoms with Crippen LogP contribution in [0.15, 0.2) is 6.07 Å². The third-order valence-electron chi connectivity index (χ3n) is 2.72. The average molecular weight is 220 g/mol. The predicted octanol–water partition coefficient (Wildman–Crippen LogP) is 0.181. The van der Waals surface area contributed by atoms with Crippen molar-refractivity contribution in [1.82, 2.24) is 10.3 Å². The van der Waals surface area contributed by atoms with Crippen molar-refractivity contribution < 1.29 is 4.79 Å². The van der Waals surface area contributed by atoms with Gasteiger partial charge in [-0.2, -0.15) is 0 Å². The van der Waals surface area contributed by atoms with Crippen LogP contribution < -0.4 is 16.4 Å². The van der Waals surface area contributed by atoms with Crippen molar-refractivity contribution in [3.8, 4) is 0 Å². The number of pyridine rings is 1. The molecule has 1 amide bonds. The Balaban J connectivity index is 2.35. The van der Waals surface area contributed by atoms with Crippen LogP contribution in [0, 0.1) is 13.8 Å². The van der Waals surface area contributed by atoms with E-state index < -0.39 is 5.91 Å². The van der Waals surface area contributed by atoms with Crippen LogP contribution in [0.4, 0.5) is 5.69 Å². The van der Waals surface area contributed by atoms with Gasteiger partial charge in [-0.05, 0) is 19.9 Å². The molecule has 86 valence electrons. The lowest BCUT2D eigenvalue weighted by molar-refractivity contribution is 0.1000. The zero-order valence-electron chi connectivity index (χ0n) is 9.50. The summed E-state index contributed by atoms with van der Waals surface area (Å²) in [5, 5.41) is 6.47. The van der Waals surface area contributed by atoms with Crippen LogP contribution in [0.3, 0.4) is 0 Å². The summed E-state index contributed by atoms with van der Waals surface area (Å²) in [7, 11) is 0. The summed E-state index contributed by atoms with van der Waals surface area (Å²) in [5.74, 6) is -0.431. The van der Waals surface area contributed by atoms with Crippen LogP contribution >= 0.6 is 0 Å². The highest BCUT2D eigenvalue weighted by molar-refractivity contribution is 5.99. The molecule has 1 saturated heterocycles. The zero-order valence-corrected chi connectivity index (χ0v) is 9.50. The fourth-order valence-electron chi connectivity index (χ4n) is 1.86. The third-order valence-corrected chi connectivity index (χ3v) is 2.72. The summed E-state index contributed by atoms with van der Waals surface area (Å²) in [4.78, 5) is 15.6. The van der Waals surface area contributed by atoms with Crippen LogP contribution in [0.2, 0.25) is 0 Å². The summed E-state index contributed by atoms with van der Waals surface area (Å²) >= 11 is 0. The predicted molar refractivity (Wildman–Crippen MR) is 62.5 cm³/mol. The monoisotopic (exact) mass is 220 g/mol. The fourth-order valence-corrected chi connectivity index (χ4v) is 1.86. The van der Waals surface area contributed by atoms with E-state index in [1.54, 1.807) is 6.92 Å². The number of amides is 1. The molecular formula is C11H16N4O. The molecule has 1 aromatic rings. The number of aryl methyl sites for hydroxylation is 2. The number of nitrogens with two attached hydrogens (primary N) is 1. The van der Waals surface area contributed by atoms with E-state index in [0.717, 1.165) is 24.5 Å². The Morgan fingerprint density at radius 2 is 2.25 bits per heavy atom. The van der Waals surface area contributed by atoms with Gasteiger partial charge in [-0.1, -0.05) is 0 Å². The minimum absolute atomic E-state index is 0.374. The summed E-state index contributed by atoms with van der Waals surface area (Å²) in [6.07, 6.45) is 0. The van der Waals surface area contributed by atoms with Crippen molar-refractivity contribution in [3.63, 3.8) is 0 Å². The third kappa shape index (κ3) is 1.99. The van der Waals surface area contributed by atoms with Gasteiger partial charge >= 0.3 is 0 Å². The molecule has 5 nitrogen and oxygen atoms in total. The quantitative estimate of drug-likeness (QED) is 0.679. The molecule has 0 spiro atoms. The Kier molecular flexibility index (Phi) is 2.78. The molecule has 5 heteroatoms. The summed E-state index contributed by atoms with van der Waals surface area (Å²) in [6.45, 7) is 5.54. The van der Waals surface area contributed by atoms with Gasteiger partial charge in [0.15, 0.2) is 0 Å². The van der Waals surface area contributed by atoms with Gasteiger partial charge in [0.25, 0.3) is 5.91 Å². The molecule has 0 bridgehead atoms. The fraction of sp³-hybridized carbons (Fsp3) is 0.455. The smallest absolute Gasteiger partial charge is 0.252 e. The van der Waals surface area contributed by atoms with Crippen molar-refractivity contribution >= 4 is 11.6 Å². The molecule has 0 saturated carbocycles. The minimum Gasteiger partial charge on any atom is -0.379 e. The first kappa shape index (κ1) is 10.9. The highest BCUT2D eigenvalue weighted by Crippen LogP contribution is 2.20. The lowest BCUT2D eigenvalue weighted by Gasteiger charge is -2.30. The molecule has 2 rings (SSSR count). The number of rotatable bonds is 3.